The first kappa shape index (κ1) is 26.6. The number of hydrogen-bond acceptors (Lipinski definition) is 8. The summed E-state index contributed by atoms with van der Waals surface area (Å²) in [6, 6.07) is 11.9. The first-order chi connectivity index (χ1) is 18.3. The number of carboxylic acid groups (broad SMARTS) is 1. The Balaban J connectivity index is 0.000000257. The normalized spacial score (nSPS) is 14.3. The number of oxazole rings is 1. The van der Waals surface area contributed by atoms with E-state index >= 15 is 0 Å². The SMILES string of the molecule is Cc1ncnc(C)c1C(=O)O.NC(=O)c1ccc(CN(Cc2cnco2)C2CCCc3cccnc32)cc1. The number of hydrogen-bond donors (Lipinski definition) is 2. The van der Waals surface area contributed by atoms with Gasteiger partial charge in [0.1, 0.15) is 17.7 Å². The number of fused-ring (bicyclic) bond motifs is 1. The van der Waals surface area contributed by atoms with Gasteiger partial charge in [0.25, 0.3) is 0 Å². The number of carbonyl (C=O) groups excluding carboxylic acids is 1. The molecule has 0 fully saturated rings. The molecular weight excluding hydrogens is 484 g/mol. The predicted octanol–water partition coefficient (Wildman–Crippen LogP) is 4.04. The van der Waals surface area contributed by atoms with Gasteiger partial charge >= 0.3 is 5.97 Å². The van der Waals surface area contributed by atoms with Crippen LogP contribution in [0.3, 0.4) is 0 Å². The van der Waals surface area contributed by atoms with Gasteiger partial charge in [0.05, 0.1) is 35.9 Å². The van der Waals surface area contributed by atoms with Gasteiger partial charge in [0.2, 0.25) is 5.91 Å². The second-order valence-electron chi connectivity index (χ2n) is 9.11. The minimum Gasteiger partial charge on any atom is -0.478 e. The van der Waals surface area contributed by atoms with Gasteiger partial charge < -0.3 is 15.3 Å². The zero-order chi connectivity index (χ0) is 27.1. The Morgan fingerprint density at radius 2 is 1.82 bits per heavy atom. The third-order valence-corrected chi connectivity index (χ3v) is 6.51. The first-order valence-electron chi connectivity index (χ1n) is 12.3. The summed E-state index contributed by atoms with van der Waals surface area (Å²) in [5.41, 5.74) is 10.7. The van der Waals surface area contributed by atoms with Gasteiger partial charge in [-0.25, -0.2) is 19.7 Å². The molecule has 5 rings (SSSR count). The van der Waals surface area contributed by atoms with Crippen LogP contribution in [0.5, 0.6) is 0 Å². The minimum absolute atomic E-state index is 0.201. The summed E-state index contributed by atoms with van der Waals surface area (Å²) in [4.78, 5) is 40.5. The third-order valence-electron chi connectivity index (χ3n) is 6.51. The van der Waals surface area contributed by atoms with Gasteiger partial charge in [0, 0.05) is 18.3 Å². The monoisotopic (exact) mass is 514 g/mol. The van der Waals surface area contributed by atoms with E-state index < -0.39 is 11.9 Å². The van der Waals surface area contributed by atoms with Gasteiger partial charge in [0.15, 0.2) is 6.39 Å². The summed E-state index contributed by atoms with van der Waals surface area (Å²) in [6.45, 7) is 4.68. The molecule has 1 amide bonds. The summed E-state index contributed by atoms with van der Waals surface area (Å²) in [7, 11) is 0. The Morgan fingerprint density at radius 1 is 1.08 bits per heavy atom. The Morgan fingerprint density at radius 3 is 2.42 bits per heavy atom. The molecule has 0 saturated carbocycles. The molecule has 0 spiro atoms. The van der Waals surface area contributed by atoms with Crippen LogP contribution in [0.1, 0.15) is 73.6 Å². The molecule has 1 unspecified atom stereocenters. The van der Waals surface area contributed by atoms with Gasteiger partial charge in [-0.1, -0.05) is 18.2 Å². The van der Waals surface area contributed by atoms with Crippen molar-refractivity contribution in [2.24, 2.45) is 5.73 Å². The molecule has 0 radical (unpaired) electrons. The number of carbonyl (C=O) groups is 2. The van der Waals surface area contributed by atoms with Gasteiger partial charge in [-0.3, -0.25) is 14.7 Å². The molecule has 3 aromatic heterocycles. The molecule has 38 heavy (non-hydrogen) atoms. The van der Waals surface area contributed by atoms with E-state index in [-0.39, 0.29) is 11.6 Å². The Labute approximate surface area is 220 Å². The molecule has 1 aliphatic rings. The van der Waals surface area contributed by atoms with Gasteiger partial charge in [-0.2, -0.15) is 0 Å². The fraction of sp³-hybridized carbons (Fsp3) is 0.286. The fourth-order valence-electron chi connectivity index (χ4n) is 4.65. The van der Waals surface area contributed by atoms with Crippen molar-refractivity contribution >= 4 is 11.9 Å². The zero-order valence-electron chi connectivity index (χ0n) is 21.4. The smallest absolute Gasteiger partial charge is 0.339 e. The first-order valence-corrected chi connectivity index (χ1v) is 12.3. The van der Waals surface area contributed by atoms with E-state index in [2.05, 4.69) is 30.9 Å². The van der Waals surface area contributed by atoms with Crippen molar-refractivity contribution in [2.75, 3.05) is 0 Å². The highest BCUT2D eigenvalue weighted by Gasteiger charge is 2.28. The molecule has 0 bridgehead atoms. The molecule has 0 aliphatic heterocycles. The van der Waals surface area contributed by atoms with E-state index in [1.165, 1.54) is 18.3 Å². The van der Waals surface area contributed by atoms with Crippen LogP contribution in [0.2, 0.25) is 0 Å². The standard InChI is InChI=1S/C21H22N4O2.C7H8N2O2/c22-21(26)17-8-6-15(7-9-17)12-25(13-18-11-23-14-27-18)19-5-1-3-16-4-2-10-24-20(16)19;1-4-6(7(10)11)5(2)9-3-8-4/h2,4,6-11,14,19H,1,3,5,12-13H2,(H2,22,26);3H,1-2H3,(H,10,11). The largest absolute Gasteiger partial charge is 0.478 e. The number of pyridine rings is 1. The molecule has 10 heteroatoms. The number of carboxylic acids is 1. The maximum Gasteiger partial charge on any atom is 0.339 e. The predicted molar refractivity (Wildman–Crippen MR) is 139 cm³/mol. The molecular formula is C28H30N6O4. The van der Waals surface area contributed by atoms with Crippen LogP contribution in [-0.2, 0) is 19.5 Å². The lowest BCUT2D eigenvalue weighted by Gasteiger charge is -2.34. The second kappa shape index (κ2) is 12.2. The van der Waals surface area contributed by atoms with E-state index in [1.54, 1.807) is 32.2 Å². The number of amides is 1. The maximum absolute atomic E-state index is 11.3. The highest BCUT2D eigenvalue weighted by molar-refractivity contribution is 5.92. The van der Waals surface area contributed by atoms with Crippen molar-refractivity contribution in [1.82, 2.24) is 24.8 Å². The van der Waals surface area contributed by atoms with E-state index in [4.69, 9.17) is 15.3 Å². The quantitative estimate of drug-likeness (QED) is 0.373. The molecule has 10 nitrogen and oxygen atoms in total. The summed E-state index contributed by atoms with van der Waals surface area (Å²) in [5, 5.41) is 8.67. The van der Waals surface area contributed by atoms with E-state index in [0.29, 0.717) is 23.5 Å². The molecule has 196 valence electrons. The van der Waals surface area contributed by atoms with Crippen LogP contribution in [0.15, 0.2) is 65.9 Å². The van der Waals surface area contributed by atoms with Crippen LogP contribution in [0, 0.1) is 13.8 Å². The molecule has 1 aliphatic carbocycles. The van der Waals surface area contributed by atoms with Crippen molar-refractivity contribution < 1.29 is 19.1 Å². The molecule has 3 heterocycles. The van der Waals surface area contributed by atoms with Gasteiger partial charge in [-0.15, -0.1) is 0 Å². The number of aromatic nitrogens is 4. The van der Waals surface area contributed by atoms with Crippen molar-refractivity contribution in [2.45, 2.75) is 52.2 Å². The number of nitrogens with zero attached hydrogens (tertiary/aromatic N) is 5. The third kappa shape index (κ3) is 6.46. The Kier molecular flexibility index (Phi) is 8.55. The van der Waals surface area contributed by atoms with Crippen molar-refractivity contribution in [3.63, 3.8) is 0 Å². The molecule has 4 aromatic rings. The number of nitrogens with two attached hydrogens (primary N) is 1. The van der Waals surface area contributed by atoms with Crippen LogP contribution in [0.25, 0.3) is 0 Å². The lowest BCUT2D eigenvalue weighted by atomic mass is 9.90. The topological polar surface area (TPSA) is 148 Å². The molecule has 1 atom stereocenters. The minimum atomic E-state index is -0.972. The summed E-state index contributed by atoms with van der Waals surface area (Å²) in [5.74, 6) is -0.558. The average molecular weight is 515 g/mol. The fourth-order valence-corrected chi connectivity index (χ4v) is 4.65. The summed E-state index contributed by atoms with van der Waals surface area (Å²) < 4.78 is 5.50. The van der Waals surface area contributed by atoms with Crippen LogP contribution in [0.4, 0.5) is 0 Å². The van der Waals surface area contributed by atoms with Crippen molar-refractivity contribution in [1.29, 1.82) is 0 Å². The average Bonchev–Trinajstić information content (AvgIpc) is 3.42. The van der Waals surface area contributed by atoms with Crippen LogP contribution < -0.4 is 5.73 Å². The zero-order valence-corrected chi connectivity index (χ0v) is 21.4. The highest BCUT2D eigenvalue weighted by atomic mass is 16.4. The molecule has 0 saturated heterocycles. The summed E-state index contributed by atoms with van der Waals surface area (Å²) >= 11 is 0. The number of aromatic carboxylic acids is 1. The highest BCUT2D eigenvalue weighted by Crippen LogP contribution is 2.34. The van der Waals surface area contributed by atoms with E-state index in [1.807, 2.05) is 24.4 Å². The lowest BCUT2D eigenvalue weighted by Crippen LogP contribution is -2.31. The number of benzene rings is 1. The van der Waals surface area contributed by atoms with Crippen molar-refractivity contribution in [3.8, 4) is 0 Å². The van der Waals surface area contributed by atoms with Crippen molar-refractivity contribution in [3.05, 3.63) is 107 Å². The summed E-state index contributed by atoms with van der Waals surface area (Å²) in [6.07, 6.45) is 9.70. The number of primary amides is 1. The van der Waals surface area contributed by atoms with Gasteiger partial charge in [-0.05, 0) is 62.4 Å². The van der Waals surface area contributed by atoms with Crippen LogP contribution in [-0.4, -0.2) is 41.8 Å². The van der Waals surface area contributed by atoms with Crippen LogP contribution >= 0.6 is 0 Å². The Hall–Kier alpha value is -4.44. The molecule has 1 aromatic carbocycles. The number of rotatable bonds is 7. The lowest BCUT2D eigenvalue weighted by molar-refractivity contribution is 0.0694. The number of aryl methyl sites for hydroxylation is 3. The van der Waals surface area contributed by atoms with E-state index in [0.717, 1.165) is 42.8 Å². The molecule has 3 N–H and O–H groups in total. The second-order valence-corrected chi connectivity index (χ2v) is 9.11. The Bertz CT molecular complexity index is 1370. The van der Waals surface area contributed by atoms with E-state index in [9.17, 15) is 9.59 Å². The maximum atomic E-state index is 11.3.